The molecule has 0 aliphatic rings. The predicted octanol–water partition coefficient (Wildman–Crippen LogP) is 3.19. The van der Waals surface area contributed by atoms with Gasteiger partial charge in [0.05, 0.1) is 18.4 Å². The van der Waals surface area contributed by atoms with Crippen LogP contribution in [0.3, 0.4) is 0 Å². The summed E-state index contributed by atoms with van der Waals surface area (Å²) in [5.41, 5.74) is 3.38. The van der Waals surface area contributed by atoms with Gasteiger partial charge in [0, 0.05) is 13.1 Å². The fraction of sp³-hybridized carbons (Fsp3) is 0.160. The smallest absolute Gasteiger partial charge is 0.313 e. The van der Waals surface area contributed by atoms with E-state index in [4.69, 9.17) is 4.74 Å². The molecular formula is C25H25N3O4. The number of carbonyl (C=O) groups excluding carboxylic acids is 3. The van der Waals surface area contributed by atoms with Gasteiger partial charge < -0.3 is 20.7 Å². The van der Waals surface area contributed by atoms with Crippen molar-refractivity contribution in [2.45, 2.75) is 20.0 Å². The summed E-state index contributed by atoms with van der Waals surface area (Å²) in [6.45, 7) is 2.49. The van der Waals surface area contributed by atoms with Gasteiger partial charge in [0.2, 0.25) is 0 Å². The summed E-state index contributed by atoms with van der Waals surface area (Å²) in [6, 6.07) is 21.5. The molecule has 0 unspecified atom stereocenters. The van der Waals surface area contributed by atoms with Crippen molar-refractivity contribution in [3.63, 3.8) is 0 Å². The topological polar surface area (TPSA) is 96.5 Å². The average Bonchev–Trinajstić information content (AvgIpc) is 2.81. The van der Waals surface area contributed by atoms with Gasteiger partial charge >= 0.3 is 11.8 Å². The van der Waals surface area contributed by atoms with Gasteiger partial charge in [0.25, 0.3) is 5.91 Å². The van der Waals surface area contributed by atoms with Crippen molar-refractivity contribution < 1.29 is 19.1 Å². The third kappa shape index (κ3) is 6.18. The summed E-state index contributed by atoms with van der Waals surface area (Å²) < 4.78 is 5.12. The molecule has 32 heavy (non-hydrogen) atoms. The second-order valence-corrected chi connectivity index (χ2v) is 7.20. The van der Waals surface area contributed by atoms with E-state index in [0.29, 0.717) is 6.54 Å². The highest BCUT2D eigenvalue weighted by molar-refractivity contribution is 6.40. The Bertz CT molecular complexity index is 1110. The van der Waals surface area contributed by atoms with Crippen LogP contribution in [0.1, 0.15) is 27.0 Å². The molecule has 0 radical (unpaired) electrons. The van der Waals surface area contributed by atoms with E-state index in [1.807, 2.05) is 55.5 Å². The van der Waals surface area contributed by atoms with Crippen molar-refractivity contribution >= 4 is 23.4 Å². The molecule has 3 amide bonds. The Hall–Kier alpha value is -4.13. The summed E-state index contributed by atoms with van der Waals surface area (Å²) in [6.07, 6.45) is 0. The van der Waals surface area contributed by atoms with Crippen molar-refractivity contribution in [2.75, 3.05) is 12.4 Å². The highest BCUT2D eigenvalue weighted by Crippen LogP contribution is 2.16. The van der Waals surface area contributed by atoms with E-state index >= 15 is 0 Å². The lowest BCUT2D eigenvalue weighted by Gasteiger charge is -2.12. The van der Waals surface area contributed by atoms with Gasteiger partial charge in [0.1, 0.15) is 5.75 Å². The number of amides is 3. The van der Waals surface area contributed by atoms with Crippen LogP contribution in [0.2, 0.25) is 0 Å². The maximum Gasteiger partial charge on any atom is 0.313 e. The van der Waals surface area contributed by atoms with Crippen LogP contribution >= 0.6 is 0 Å². The van der Waals surface area contributed by atoms with Crippen molar-refractivity contribution in [3.8, 4) is 5.75 Å². The molecule has 0 heterocycles. The number of hydrogen-bond acceptors (Lipinski definition) is 4. The summed E-state index contributed by atoms with van der Waals surface area (Å²) in [7, 11) is 1.59. The largest absolute Gasteiger partial charge is 0.497 e. The van der Waals surface area contributed by atoms with E-state index in [1.54, 1.807) is 31.4 Å². The number of ether oxygens (including phenoxy) is 1. The Morgan fingerprint density at radius 1 is 0.781 bits per heavy atom. The zero-order valence-corrected chi connectivity index (χ0v) is 18.0. The Kier molecular flexibility index (Phi) is 7.59. The first kappa shape index (κ1) is 22.6. The molecule has 3 aromatic carbocycles. The molecule has 0 fully saturated rings. The van der Waals surface area contributed by atoms with Crippen molar-refractivity contribution in [1.29, 1.82) is 0 Å². The van der Waals surface area contributed by atoms with Crippen molar-refractivity contribution in [3.05, 3.63) is 95.1 Å². The molecule has 3 rings (SSSR count). The molecule has 0 aliphatic carbocycles. The highest BCUT2D eigenvalue weighted by atomic mass is 16.5. The third-order valence-electron chi connectivity index (χ3n) is 4.77. The summed E-state index contributed by atoms with van der Waals surface area (Å²) in [4.78, 5) is 37.2. The Morgan fingerprint density at radius 2 is 1.50 bits per heavy atom. The van der Waals surface area contributed by atoms with E-state index in [-0.39, 0.29) is 23.7 Å². The zero-order valence-electron chi connectivity index (χ0n) is 18.0. The molecule has 7 heteroatoms. The minimum atomic E-state index is -0.840. The number of carbonyl (C=O) groups is 3. The van der Waals surface area contributed by atoms with E-state index in [0.717, 1.165) is 22.4 Å². The van der Waals surface area contributed by atoms with Crippen LogP contribution in [0.5, 0.6) is 5.75 Å². The maximum atomic E-state index is 12.7. The van der Waals surface area contributed by atoms with Crippen molar-refractivity contribution in [1.82, 2.24) is 10.6 Å². The number of para-hydroxylation sites is 1. The zero-order chi connectivity index (χ0) is 22.9. The van der Waals surface area contributed by atoms with E-state index in [1.165, 1.54) is 0 Å². The molecule has 164 valence electrons. The van der Waals surface area contributed by atoms with Gasteiger partial charge in [-0.05, 0) is 42.3 Å². The molecular weight excluding hydrogens is 406 g/mol. The van der Waals surface area contributed by atoms with Crippen molar-refractivity contribution in [2.24, 2.45) is 0 Å². The van der Waals surface area contributed by atoms with Gasteiger partial charge in [-0.25, -0.2) is 0 Å². The molecule has 3 N–H and O–H groups in total. The van der Waals surface area contributed by atoms with Gasteiger partial charge in [-0.1, -0.05) is 54.1 Å². The number of hydrogen-bond donors (Lipinski definition) is 3. The summed E-state index contributed by atoms with van der Waals surface area (Å²) in [5, 5.41) is 7.93. The molecule has 0 atom stereocenters. The first-order valence-electron chi connectivity index (χ1n) is 10.1. The summed E-state index contributed by atoms with van der Waals surface area (Å²) in [5.74, 6) is -1.25. The SMILES string of the molecule is COc1ccc(CNC(=O)c2ccccc2NC(=O)C(=O)NCc2cccc(C)c2)cc1. The van der Waals surface area contributed by atoms with E-state index in [9.17, 15) is 14.4 Å². The number of benzene rings is 3. The minimum Gasteiger partial charge on any atom is -0.497 e. The lowest BCUT2D eigenvalue weighted by molar-refractivity contribution is -0.136. The third-order valence-corrected chi connectivity index (χ3v) is 4.77. The predicted molar refractivity (Wildman–Crippen MR) is 122 cm³/mol. The van der Waals surface area contributed by atoms with Crippen LogP contribution in [0, 0.1) is 6.92 Å². The second-order valence-electron chi connectivity index (χ2n) is 7.20. The Balaban J connectivity index is 1.58. The normalized spacial score (nSPS) is 10.2. The molecule has 0 bridgehead atoms. The maximum absolute atomic E-state index is 12.7. The number of rotatable bonds is 7. The number of aryl methyl sites for hydroxylation is 1. The van der Waals surface area contributed by atoms with Crippen LogP contribution in [0.25, 0.3) is 0 Å². The fourth-order valence-electron chi connectivity index (χ4n) is 3.07. The first-order chi connectivity index (χ1) is 15.5. The quantitative estimate of drug-likeness (QED) is 0.501. The van der Waals surface area contributed by atoms with Crippen LogP contribution in [-0.4, -0.2) is 24.8 Å². The monoisotopic (exact) mass is 431 g/mol. The second kappa shape index (κ2) is 10.8. The standard InChI is InChI=1S/C25H25N3O4/c1-17-6-5-7-19(14-17)16-27-24(30)25(31)28-22-9-4-3-8-21(22)23(29)26-15-18-10-12-20(32-2)13-11-18/h3-14H,15-16H2,1-2H3,(H,26,29)(H,27,30)(H,28,31). The van der Waals surface area contributed by atoms with E-state index < -0.39 is 11.8 Å². The molecule has 0 saturated heterocycles. The fourth-order valence-corrected chi connectivity index (χ4v) is 3.07. The lowest BCUT2D eigenvalue weighted by Crippen LogP contribution is -2.35. The van der Waals surface area contributed by atoms with Crippen LogP contribution in [-0.2, 0) is 22.7 Å². The van der Waals surface area contributed by atoms with E-state index in [2.05, 4.69) is 16.0 Å². The molecule has 3 aromatic rings. The first-order valence-corrected chi connectivity index (χ1v) is 10.1. The lowest BCUT2D eigenvalue weighted by atomic mass is 10.1. The van der Waals surface area contributed by atoms with Gasteiger partial charge in [0.15, 0.2) is 0 Å². The van der Waals surface area contributed by atoms with Gasteiger partial charge in [-0.2, -0.15) is 0 Å². The molecule has 0 saturated carbocycles. The number of nitrogens with one attached hydrogen (secondary N) is 3. The molecule has 0 aromatic heterocycles. The van der Waals surface area contributed by atoms with Gasteiger partial charge in [-0.15, -0.1) is 0 Å². The van der Waals surface area contributed by atoms with Gasteiger partial charge in [-0.3, -0.25) is 14.4 Å². The minimum absolute atomic E-state index is 0.234. The molecule has 7 nitrogen and oxygen atoms in total. The van der Waals surface area contributed by atoms with Crippen LogP contribution in [0.15, 0.2) is 72.8 Å². The van der Waals surface area contributed by atoms with Crippen LogP contribution in [0.4, 0.5) is 5.69 Å². The molecule has 0 aliphatic heterocycles. The molecule has 0 spiro atoms. The highest BCUT2D eigenvalue weighted by Gasteiger charge is 2.17. The van der Waals surface area contributed by atoms with Crippen LogP contribution < -0.4 is 20.7 Å². The Labute approximate surface area is 186 Å². The average molecular weight is 431 g/mol. The number of anilines is 1. The number of methoxy groups -OCH3 is 1. The summed E-state index contributed by atoms with van der Waals surface area (Å²) >= 11 is 0. The Morgan fingerprint density at radius 3 is 2.22 bits per heavy atom.